The first-order valence-corrected chi connectivity index (χ1v) is 6.89. The van der Waals surface area contributed by atoms with Gasteiger partial charge in [0.05, 0.1) is 4.92 Å². The Bertz CT molecular complexity index is 481. The Morgan fingerprint density at radius 2 is 2.37 bits per heavy atom. The molecule has 3 N–H and O–H groups in total. The molecule has 0 saturated heterocycles. The third-order valence-corrected chi connectivity index (χ3v) is 3.44. The summed E-state index contributed by atoms with van der Waals surface area (Å²) in [5.41, 5.74) is 5.05. The molecule has 0 spiro atoms. The summed E-state index contributed by atoms with van der Waals surface area (Å²) >= 11 is 1.68. The van der Waals surface area contributed by atoms with Crippen molar-refractivity contribution in [3.05, 3.63) is 27.9 Å². The minimum atomic E-state index is -0.646. The van der Waals surface area contributed by atoms with E-state index >= 15 is 0 Å². The number of anilines is 1. The minimum Gasteiger partial charge on any atom is -0.384 e. The summed E-state index contributed by atoms with van der Waals surface area (Å²) in [6.07, 6.45) is 0.996. The highest BCUT2D eigenvalue weighted by Crippen LogP contribution is 2.19. The van der Waals surface area contributed by atoms with Crippen LogP contribution < -0.4 is 11.1 Å². The molecule has 19 heavy (non-hydrogen) atoms. The van der Waals surface area contributed by atoms with E-state index in [0.717, 1.165) is 17.7 Å². The number of carbonyl (C=O) groups is 1. The number of nitrogen functional groups attached to an aromatic ring is 1. The second-order valence-electron chi connectivity index (χ2n) is 3.92. The number of hydrogen-bond donors (Lipinski definition) is 2. The van der Waals surface area contributed by atoms with Crippen molar-refractivity contribution in [1.29, 1.82) is 0 Å². The molecule has 0 radical (unpaired) electrons. The molecule has 0 aromatic carbocycles. The molecule has 1 rings (SSSR count). The Morgan fingerprint density at radius 1 is 1.68 bits per heavy atom. The molecule has 0 aliphatic carbocycles. The van der Waals surface area contributed by atoms with Gasteiger partial charge in [0, 0.05) is 11.8 Å². The second-order valence-corrected chi connectivity index (χ2v) is 5.24. The van der Waals surface area contributed by atoms with Crippen LogP contribution in [0.5, 0.6) is 0 Å². The maximum atomic E-state index is 12.0. The van der Waals surface area contributed by atoms with Crippen molar-refractivity contribution in [3.63, 3.8) is 0 Å². The van der Waals surface area contributed by atoms with Crippen LogP contribution in [0.1, 0.15) is 24.2 Å². The van der Waals surface area contributed by atoms with Crippen LogP contribution in [0.15, 0.2) is 12.3 Å². The van der Waals surface area contributed by atoms with Crippen LogP contribution >= 0.6 is 11.8 Å². The summed E-state index contributed by atoms with van der Waals surface area (Å²) in [5.74, 6) is 1.26. The third-order valence-electron chi connectivity index (χ3n) is 2.29. The molecule has 1 aromatic rings. The van der Waals surface area contributed by atoms with Crippen LogP contribution in [0, 0.1) is 10.1 Å². The number of rotatable bonds is 6. The van der Waals surface area contributed by atoms with E-state index < -0.39 is 10.8 Å². The van der Waals surface area contributed by atoms with Gasteiger partial charge in [-0.1, -0.05) is 6.92 Å². The van der Waals surface area contributed by atoms with E-state index in [0.29, 0.717) is 0 Å². The van der Waals surface area contributed by atoms with Crippen molar-refractivity contribution < 1.29 is 9.72 Å². The topological polar surface area (TPSA) is 111 Å². The van der Waals surface area contributed by atoms with Gasteiger partial charge in [-0.15, -0.1) is 0 Å². The first-order valence-electron chi connectivity index (χ1n) is 5.74. The van der Waals surface area contributed by atoms with E-state index in [4.69, 9.17) is 5.73 Å². The predicted molar refractivity (Wildman–Crippen MR) is 75.2 cm³/mol. The van der Waals surface area contributed by atoms with Crippen molar-refractivity contribution in [2.75, 3.05) is 17.2 Å². The van der Waals surface area contributed by atoms with Crippen LogP contribution in [0.4, 0.5) is 11.5 Å². The predicted octanol–water partition coefficient (Wildman–Crippen LogP) is 1.44. The highest BCUT2D eigenvalue weighted by atomic mass is 32.2. The van der Waals surface area contributed by atoms with Gasteiger partial charge in [-0.3, -0.25) is 14.9 Å². The number of amides is 1. The van der Waals surface area contributed by atoms with E-state index in [1.807, 2.05) is 13.8 Å². The number of nitro groups is 1. The molecular formula is C11H16N4O3S. The van der Waals surface area contributed by atoms with Gasteiger partial charge in [-0.2, -0.15) is 11.8 Å². The van der Waals surface area contributed by atoms with E-state index in [-0.39, 0.29) is 23.1 Å². The van der Waals surface area contributed by atoms with Crippen LogP contribution in [0.3, 0.4) is 0 Å². The molecule has 0 aliphatic heterocycles. The Kier molecular flexibility index (Phi) is 5.56. The highest BCUT2D eigenvalue weighted by molar-refractivity contribution is 7.99. The lowest BCUT2D eigenvalue weighted by atomic mass is 10.2. The molecule has 8 heteroatoms. The lowest BCUT2D eigenvalue weighted by molar-refractivity contribution is -0.385. The Balaban J connectivity index is 2.86. The smallest absolute Gasteiger partial charge is 0.300 e. The molecule has 0 bridgehead atoms. The molecule has 1 unspecified atom stereocenters. The molecule has 1 aromatic heterocycles. The standard InChI is InChI=1S/C11H16N4O3S/c1-3-19-6-7(2)14-11(16)8-4-10(12)13-5-9(8)15(17)18/h4-5,7H,3,6H2,1-2H3,(H2,12,13)(H,14,16). The summed E-state index contributed by atoms with van der Waals surface area (Å²) in [6, 6.07) is 1.14. The van der Waals surface area contributed by atoms with Crippen LogP contribution in [0.25, 0.3) is 0 Å². The molecule has 7 nitrogen and oxygen atoms in total. The summed E-state index contributed by atoms with van der Waals surface area (Å²) in [7, 11) is 0. The van der Waals surface area contributed by atoms with Crippen molar-refractivity contribution in [2.24, 2.45) is 0 Å². The van der Waals surface area contributed by atoms with Crippen molar-refractivity contribution in [1.82, 2.24) is 10.3 Å². The van der Waals surface area contributed by atoms with E-state index in [1.54, 1.807) is 11.8 Å². The maximum Gasteiger partial charge on any atom is 0.300 e. The average Bonchev–Trinajstić information content (AvgIpc) is 2.35. The van der Waals surface area contributed by atoms with Gasteiger partial charge in [0.2, 0.25) is 0 Å². The quantitative estimate of drug-likeness (QED) is 0.604. The molecule has 1 heterocycles. The van der Waals surface area contributed by atoms with Crippen molar-refractivity contribution >= 4 is 29.2 Å². The fourth-order valence-electron chi connectivity index (χ4n) is 1.43. The molecular weight excluding hydrogens is 268 g/mol. The SMILES string of the molecule is CCSCC(C)NC(=O)c1cc(N)ncc1[N+](=O)[O-]. The summed E-state index contributed by atoms with van der Waals surface area (Å²) in [4.78, 5) is 25.8. The zero-order valence-corrected chi connectivity index (χ0v) is 11.6. The summed E-state index contributed by atoms with van der Waals surface area (Å²) in [5, 5.41) is 13.5. The van der Waals surface area contributed by atoms with E-state index in [9.17, 15) is 14.9 Å². The highest BCUT2D eigenvalue weighted by Gasteiger charge is 2.22. The van der Waals surface area contributed by atoms with E-state index in [1.165, 1.54) is 6.07 Å². The monoisotopic (exact) mass is 284 g/mol. The fourth-order valence-corrected chi connectivity index (χ4v) is 2.10. The molecule has 0 aliphatic rings. The van der Waals surface area contributed by atoms with Gasteiger partial charge in [-0.05, 0) is 18.7 Å². The number of pyridine rings is 1. The van der Waals surface area contributed by atoms with Gasteiger partial charge in [-0.25, -0.2) is 4.98 Å². The third kappa shape index (κ3) is 4.40. The molecule has 0 fully saturated rings. The Hall–Kier alpha value is -1.83. The largest absolute Gasteiger partial charge is 0.384 e. The van der Waals surface area contributed by atoms with Crippen LogP contribution in [-0.2, 0) is 0 Å². The number of aromatic nitrogens is 1. The van der Waals surface area contributed by atoms with E-state index in [2.05, 4.69) is 10.3 Å². The maximum absolute atomic E-state index is 12.0. The van der Waals surface area contributed by atoms with Gasteiger partial charge < -0.3 is 11.1 Å². The zero-order valence-electron chi connectivity index (χ0n) is 10.8. The Morgan fingerprint density at radius 3 is 2.95 bits per heavy atom. The lowest BCUT2D eigenvalue weighted by Crippen LogP contribution is -2.34. The minimum absolute atomic E-state index is 0.0640. The first-order chi connectivity index (χ1) is 8.95. The molecule has 1 atom stereocenters. The zero-order chi connectivity index (χ0) is 14.4. The molecule has 104 valence electrons. The lowest BCUT2D eigenvalue weighted by Gasteiger charge is -2.13. The van der Waals surface area contributed by atoms with Crippen LogP contribution in [-0.4, -0.2) is 33.4 Å². The average molecular weight is 284 g/mol. The van der Waals surface area contributed by atoms with Crippen LogP contribution in [0.2, 0.25) is 0 Å². The van der Waals surface area contributed by atoms with Gasteiger partial charge in [0.1, 0.15) is 17.6 Å². The first kappa shape index (κ1) is 15.2. The Labute approximate surface area is 115 Å². The number of nitrogens with zero attached hydrogens (tertiary/aromatic N) is 2. The summed E-state index contributed by atoms with van der Waals surface area (Å²) < 4.78 is 0. The molecule has 0 saturated carbocycles. The number of hydrogen-bond acceptors (Lipinski definition) is 6. The van der Waals surface area contributed by atoms with Gasteiger partial charge in [0.15, 0.2) is 0 Å². The van der Waals surface area contributed by atoms with Gasteiger partial charge in [0.25, 0.3) is 11.6 Å². The fraction of sp³-hybridized carbons (Fsp3) is 0.455. The van der Waals surface area contributed by atoms with Crippen molar-refractivity contribution in [3.8, 4) is 0 Å². The normalized spacial score (nSPS) is 11.9. The second kappa shape index (κ2) is 6.93. The number of thioether (sulfide) groups is 1. The van der Waals surface area contributed by atoms with Crippen molar-refractivity contribution in [2.45, 2.75) is 19.9 Å². The number of nitrogens with two attached hydrogens (primary N) is 1. The molecule has 1 amide bonds. The number of nitrogens with one attached hydrogen (secondary N) is 1. The van der Waals surface area contributed by atoms with Gasteiger partial charge >= 0.3 is 0 Å². The number of carbonyl (C=O) groups excluding carboxylic acids is 1. The summed E-state index contributed by atoms with van der Waals surface area (Å²) in [6.45, 7) is 3.87.